The van der Waals surface area contributed by atoms with Gasteiger partial charge in [-0.15, -0.1) is 0 Å². The van der Waals surface area contributed by atoms with Gasteiger partial charge in [0.15, 0.2) is 16.6 Å². The predicted molar refractivity (Wildman–Crippen MR) is 96.5 cm³/mol. The summed E-state index contributed by atoms with van der Waals surface area (Å²) < 4.78 is 11.3. The zero-order valence-corrected chi connectivity index (χ0v) is 14.0. The number of nitrogens with zero attached hydrogens (tertiary/aromatic N) is 2. The van der Waals surface area contributed by atoms with Crippen LogP contribution in [0.5, 0.6) is 11.5 Å². The van der Waals surface area contributed by atoms with Crippen molar-refractivity contribution in [3.05, 3.63) is 58.2 Å². The number of para-hydroxylation sites is 1. The van der Waals surface area contributed by atoms with Gasteiger partial charge in [0.25, 0.3) is 5.69 Å². The first kappa shape index (κ1) is 16.0. The Balaban J connectivity index is 1.55. The lowest BCUT2D eigenvalue weighted by Crippen LogP contribution is -2.07. The molecular formula is C17H11N3O5S. The first-order chi connectivity index (χ1) is 12.6. The Hall–Kier alpha value is -3.46. The number of rotatable bonds is 4. The van der Waals surface area contributed by atoms with E-state index in [2.05, 4.69) is 10.3 Å². The van der Waals surface area contributed by atoms with E-state index in [0.29, 0.717) is 16.6 Å². The summed E-state index contributed by atoms with van der Waals surface area (Å²) >= 11 is 1.35. The second-order valence-corrected chi connectivity index (χ2v) is 6.36. The normalized spacial score (nSPS) is 12.6. The van der Waals surface area contributed by atoms with Crippen LogP contribution in [0.1, 0.15) is 5.56 Å². The highest BCUT2D eigenvalue weighted by atomic mass is 32.1. The van der Waals surface area contributed by atoms with Crippen LogP contribution < -0.4 is 14.8 Å². The minimum Gasteiger partial charge on any atom is -0.454 e. The predicted octanol–water partition coefficient (Wildman–Crippen LogP) is 3.59. The molecule has 26 heavy (non-hydrogen) atoms. The SMILES string of the molecule is O=C(/C=C/c1cc2c(cc1[N+](=O)[O-])OCO2)Nc1nc2ccccc2s1. The van der Waals surface area contributed by atoms with E-state index in [1.165, 1.54) is 35.6 Å². The summed E-state index contributed by atoms with van der Waals surface area (Å²) in [7, 11) is 0. The van der Waals surface area contributed by atoms with E-state index in [4.69, 9.17) is 9.47 Å². The Kier molecular flexibility index (Phi) is 3.98. The average Bonchev–Trinajstić information content (AvgIpc) is 3.24. The van der Waals surface area contributed by atoms with E-state index in [9.17, 15) is 14.9 Å². The number of carbonyl (C=O) groups excluding carboxylic acids is 1. The summed E-state index contributed by atoms with van der Waals surface area (Å²) in [5, 5.41) is 14.3. The van der Waals surface area contributed by atoms with Crippen LogP contribution in [-0.2, 0) is 4.79 Å². The molecule has 0 atom stereocenters. The lowest BCUT2D eigenvalue weighted by atomic mass is 10.1. The van der Waals surface area contributed by atoms with Crippen molar-refractivity contribution in [3.8, 4) is 11.5 Å². The van der Waals surface area contributed by atoms with Gasteiger partial charge in [-0.2, -0.15) is 0 Å². The number of benzene rings is 2. The first-order valence-electron chi connectivity index (χ1n) is 7.53. The molecule has 130 valence electrons. The van der Waals surface area contributed by atoms with Gasteiger partial charge in [0, 0.05) is 6.08 Å². The second-order valence-electron chi connectivity index (χ2n) is 5.33. The lowest BCUT2D eigenvalue weighted by molar-refractivity contribution is -0.385. The average molecular weight is 369 g/mol. The van der Waals surface area contributed by atoms with Crippen molar-refractivity contribution < 1.29 is 19.2 Å². The maximum Gasteiger partial charge on any atom is 0.280 e. The summed E-state index contributed by atoms with van der Waals surface area (Å²) in [5.74, 6) is 0.283. The summed E-state index contributed by atoms with van der Waals surface area (Å²) in [6, 6.07) is 10.3. The fraction of sp³-hybridized carbons (Fsp3) is 0.0588. The van der Waals surface area contributed by atoms with Gasteiger partial charge in [0.05, 0.1) is 26.8 Å². The molecule has 1 amide bonds. The Morgan fingerprint density at radius 1 is 1.27 bits per heavy atom. The monoisotopic (exact) mass is 369 g/mol. The maximum atomic E-state index is 12.1. The minimum atomic E-state index is -0.535. The zero-order valence-electron chi connectivity index (χ0n) is 13.2. The van der Waals surface area contributed by atoms with Crippen LogP contribution in [0.4, 0.5) is 10.8 Å². The largest absolute Gasteiger partial charge is 0.454 e. The van der Waals surface area contributed by atoms with Crippen LogP contribution >= 0.6 is 11.3 Å². The molecule has 1 N–H and O–H groups in total. The van der Waals surface area contributed by atoms with E-state index in [0.717, 1.165) is 10.2 Å². The molecule has 2 aromatic carbocycles. The highest BCUT2D eigenvalue weighted by Crippen LogP contribution is 2.38. The van der Waals surface area contributed by atoms with Crippen LogP contribution in [-0.4, -0.2) is 22.6 Å². The molecule has 3 aromatic rings. The fourth-order valence-electron chi connectivity index (χ4n) is 2.48. The highest BCUT2D eigenvalue weighted by molar-refractivity contribution is 7.22. The second kappa shape index (κ2) is 6.45. The Morgan fingerprint density at radius 3 is 2.81 bits per heavy atom. The number of ether oxygens (including phenoxy) is 2. The number of aromatic nitrogens is 1. The smallest absolute Gasteiger partial charge is 0.280 e. The fourth-order valence-corrected chi connectivity index (χ4v) is 3.35. The number of nitro groups is 1. The highest BCUT2D eigenvalue weighted by Gasteiger charge is 2.22. The van der Waals surface area contributed by atoms with E-state index in [-0.39, 0.29) is 18.0 Å². The molecule has 0 saturated heterocycles. The van der Waals surface area contributed by atoms with Crippen molar-refractivity contribution >= 4 is 44.4 Å². The molecule has 0 aliphatic carbocycles. The van der Waals surface area contributed by atoms with Gasteiger partial charge < -0.3 is 9.47 Å². The summed E-state index contributed by atoms with van der Waals surface area (Å²) in [6.45, 7) is 0.0117. The third-order valence-corrected chi connectivity index (χ3v) is 4.61. The molecule has 2 heterocycles. The maximum absolute atomic E-state index is 12.1. The summed E-state index contributed by atoms with van der Waals surface area (Å²) in [5.41, 5.74) is 0.875. The summed E-state index contributed by atoms with van der Waals surface area (Å²) in [4.78, 5) is 27.1. The van der Waals surface area contributed by atoms with E-state index in [1.54, 1.807) is 0 Å². The molecule has 0 radical (unpaired) electrons. The quantitative estimate of drug-likeness (QED) is 0.428. The lowest BCUT2D eigenvalue weighted by Gasteiger charge is -2.01. The number of nitrogens with one attached hydrogen (secondary N) is 1. The van der Waals surface area contributed by atoms with Crippen LogP contribution in [0.3, 0.4) is 0 Å². The number of fused-ring (bicyclic) bond motifs is 2. The van der Waals surface area contributed by atoms with Crippen molar-refractivity contribution in [1.82, 2.24) is 4.98 Å². The van der Waals surface area contributed by atoms with Crippen LogP contribution in [0.15, 0.2) is 42.5 Å². The molecule has 8 nitrogen and oxygen atoms in total. The van der Waals surface area contributed by atoms with Crippen molar-refractivity contribution in [3.63, 3.8) is 0 Å². The number of nitro benzene ring substituents is 1. The molecular weight excluding hydrogens is 358 g/mol. The number of thiazole rings is 1. The Morgan fingerprint density at radius 2 is 2.04 bits per heavy atom. The van der Waals surface area contributed by atoms with E-state index in [1.807, 2.05) is 24.3 Å². The molecule has 9 heteroatoms. The summed E-state index contributed by atoms with van der Waals surface area (Å²) in [6.07, 6.45) is 2.58. The topological polar surface area (TPSA) is 104 Å². The third kappa shape index (κ3) is 3.07. The Bertz CT molecular complexity index is 1030. The molecule has 0 bridgehead atoms. The van der Waals surface area contributed by atoms with Gasteiger partial charge in [-0.25, -0.2) is 4.98 Å². The van der Waals surface area contributed by atoms with Crippen molar-refractivity contribution in [2.75, 3.05) is 12.1 Å². The standard InChI is InChI=1S/C17H11N3O5S/c21-16(19-17-18-11-3-1-2-4-15(11)26-17)6-5-10-7-13-14(25-9-24-13)8-12(10)20(22)23/h1-8H,9H2,(H,18,19,21)/b6-5+. The third-order valence-electron chi connectivity index (χ3n) is 3.66. The molecule has 0 spiro atoms. The first-order valence-corrected chi connectivity index (χ1v) is 8.34. The Labute approximate surface area is 150 Å². The number of amides is 1. The minimum absolute atomic E-state index is 0.0117. The van der Waals surface area contributed by atoms with Crippen LogP contribution in [0.25, 0.3) is 16.3 Å². The van der Waals surface area contributed by atoms with Gasteiger partial charge in [0.1, 0.15) is 0 Å². The molecule has 1 aliphatic rings. The van der Waals surface area contributed by atoms with Gasteiger partial charge >= 0.3 is 0 Å². The van der Waals surface area contributed by atoms with E-state index < -0.39 is 10.8 Å². The molecule has 0 saturated carbocycles. The van der Waals surface area contributed by atoms with Crippen molar-refractivity contribution in [1.29, 1.82) is 0 Å². The van der Waals surface area contributed by atoms with E-state index >= 15 is 0 Å². The molecule has 0 unspecified atom stereocenters. The molecule has 4 rings (SSSR count). The van der Waals surface area contributed by atoms with Crippen molar-refractivity contribution in [2.45, 2.75) is 0 Å². The zero-order chi connectivity index (χ0) is 18.1. The van der Waals surface area contributed by atoms with Crippen LogP contribution in [0.2, 0.25) is 0 Å². The van der Waals surface area contributed by atoms with Crippen molar-refractivity contribution in [2.24, 2.45) is 0 Å². The van der Waals surface area contributed by atoms with Crippen LogP contribution in [0, 0.1) is 10.1 Å². The number of hydrogen-bond donors (Lipinski definition) is 1. The van der Waals surface area contributed by atoms with Gasteiger partial charge in [-0.05, 0) is 24.3 Å². The van der Waals surface area contributed by atoms with Gasteiger partial charge in [-0.1, -0.05) is 23.5 Å². The number of anilines is 1. The molecule has 0 fully saturated rings. The molecule has 1 aliphatic heterocycles. The molecule has 1 aromatic heterocycles. The number of carbonyl (C=O) groups is 1. The number of hydrogen-bond acceptors (Lipinski definition) is 7. The van der Waals surface area contributed by atoms with Gasteiger partial charge in [0.2, 0.25) is 12.7 Å². The van der Waals surface area contributed by atoms with Gasteiger partial charge in [-0.3, -0.25) is 20.2 Å².